The zero-order valence-electron chi connectivity index (χ0n) is 18.3. The zero-order valence-corrected chi connectivity index (χ0v) is 19.9. The van der Waals surface area contributed by atoms with Crippen molar-refractivity contribution in [1.29, 1.82) is 0 Å². The van der Waals surface area contributed by atoms with Crippen molar-refractivity contribution in [2.24, 2.45) is 0 Å². The first-order chi connectivity index (χ1) is 15.8. The highest BCUT2D eigenvalue weighted by Crippen LogP contribution is 2.37. The molecule has 0 radical (unpaired) electrons. The van der Waals surface area contributed by atoms with Gasteiger partial charge in [0.15, 0.2) is 0 Å². The normalized spacial score (nSPS) is 18.0. The van der Waals surface area contributed by atoms with Crippen molar-refractivity contribution in [3.8, 4) is 11.1 Å². The quantitative estimate of drug-likeness (QED) is 0.366. The molecule has 0 saturated carbocycles. The predicted octanol–water partition coefficient (Wildman–Crippen LogP) is 7.25. The Hall–Kier alpha value is -2.12. The molecule has 2 nitrogen and oxygen atoms in total. The number of rotatable bonds is 6. The molecule has 0 aliphatic carbocycles. The van der Waals surface area contributed by atoms with Crippen molar-refractivity contribution in [2.45, 2.75) is 37.0 Å². The van der Waals surface area contributed by atoms with Crippen molar-refractivity contribution >= 4 is 27.6 Å². The standard InChI is InChI=1S/C26H26ClF3N2S/c1-2-33(25-16-22(26(28,29)30)12-13-24(25)27)31-23-14-15-32(18-23)17-19-8-10-21(11-9-19)20-6-4-3-5-7-20/h2-13,16,23,31H,14-15,17-18H2,1H3/t23-,33?/m1/s1. The van der Waals surface area contributed by atoms with E-state index < -0.39 is 22.4 Å². The van der Waals surface area contributed by atoms with E-state index in [0.29, 0.717) is 9.92 Å². The summed E-state index contributed by atoms with van der Waals surface area (Å²) < 4.78 is 43.0. The third-order valence-corrected chi connectivity index (χ3v) is 8.08. The smallest absolute Gasteiger partial charge is 0.297 e. The SMILES string of the molecule is CC=S(N[C@@H]1CCN(Cc2ccc(-c3ccccc3)cc2)C1)c1cc(C(F)(F)F)ccc1Cl. The highest BCUT2D eigenvalue weighted by atomic mass is 35.5. The van der Waals surface area contributed by atoms with Crippen molar-refractivity contribution < 1.29 is 13.2 Å². The van der Waals surface area contributed by atoms with Crippen LogP contribution in [-0.2, 0) is 12.7 Å². The summed E-state index contributed by atoms with van der Waals surface area (Å²) in [5.41, 5.74) is 2.97. The molecule has 2 atom stereocenters. The van der Waals surface area contributed by atoms with Gasteiger partial charge >= 0.3 is 6.18 Å². The summed E-state index contributed by atoms with van der Waals surface area (Å²) in [4.78, 5) is 2.86. The van der Waals surface area contributed by atoms with Crippen LogP contribution in [0.1, 0.15) is 24.5 Å². The van der Waals surface area contributed by atoms with Gasteiger partial charge in [-0.05, 0) is 53.6 Å². The summed E-state index contributed by atoms with van der Waals surface area (Å²) in [6.07, 6.45) is -3.45. The maximum absolute atomic E-state index is 13.2. The van der Waals surface area contributed by atoms with E-state index in [4.69, 9.17) is 11.6 Å². The van der Waals surface area contributed by atoms with Gasteiger partial charge in [0.05, 0.1) is 10.6 Å². The Morgan fingerprint density at radius 2 is 1.73 bits per heavy atom. The molecule has 7 heteroatoms. The number of halogens is 4. The van der Waals surface area contributed by atoms with E-state index in [9.17, 15) is 13.2 Å². The molecule has 0 bridgehead atoms. The van der Waals surface area contributed by atoms with Crippen LogP contribution in [0.5, 0.6) is 0 Å². The summed E-state index contributed by atoms with van der Waals surface area (Å²) in [6, 6.07) is 22.6. The second-order valence-corrected chi connectivity index (χ2v) is 10.3. The summed E-state index contributed by atoms with van der Waals surface area (Å²) in [5.74, 6) is 0. The lowest BCUT2D eigenvalue weighted by Gasteiger charge is -2.20. The number of hydrogen-bond acceptors (Lipinski definition) is 2. The van der Waals surface area contributed by atoms with E-state index in [0.717, 1.165) is 32.1 Å². The molecule has 174 valence electrons. The van der Waals surface area contributed by atoms with Gasteiger partial charge in [-0.25, -0.2) is 0 Å². The number of hydrogen-bond donors (Lipinski definition) is 1. The fourth-order valence-corrected chi connectivity index (χ4v) is 6.02. The lowest BCUT2D eigenvalue weighted by molar-refractivity contribution is -0.137. The van der Waals surface area contributed by atoms with E-state index in [-0.39, 0.29) is 6.04 Å². The summed E-state index contributed by atoms with van der Waals surface area (Å²) in [5, 5.41) is 2.25. The van der Waals surface area contributed by atoms with E-state index in [2.05, 4.69) is 46.0 Å². The summed E-state index contributed by atoms with van der Waals surface area (Å²) in [7, 11) is -0.661. The second kappa shape index (κ2) is 10.4. The molecule has 0 spiro atoms. The van der Waals surface area contributed by atoms with Crippen LogP contribution >= 0.6 is 22.3 Å². The van der Waals surface area contributed by atoms with Gasteiger partial charge in [0.1, 0.15) is 0 Å². The number of nitrogens with one attached hydrogen (secondary N) is 1. The molecule has 33 heavy (non-hydrogen) atoms. The van der Waals surface area contributed by atoms with Crippen LogP contribution in [0.25, 0.3) is 11.1 Å². The molecule has 1 aliphatic rings. The number of likely N-dealkylation sites (tertiary alicyclic amines) is 1. The van der Waals surface area contributed by atoms with E-state index >= 15 is 0 Å². The minimum Gasteiger partial charge on any atom is -0.297 e. The van der Waals surface area contributed by atoms with Crippen LogP contribution in [0.2, 0.25) is 5.02 Å². The number of benzene rings is 3. The van der Waals surface area contributed by atoms with Crippen LogP contribution < -0.4 is 4.72 Å². The Bertz CT molecular complexity index is 1110. The Morgan fingerprint density at radius 1 is 1.03 bits per heavy atom. The van der Waals surface area contributed by atoms with E-state index in [1.807, 2.05) is 30.5 Å². The Labute approximate surface area is 200 Å². The van der Waals surface area contributed by atoms with Gasteiger partial charge in [-0.2, -0.15) is 13.2 Å². The van der Waals surface area contributed by atoms with Gasteiger partial charge in [-0.3, -0.25) is 9.62 Å². The lowest BCUT2D eigenvalue weighted by atomic mass is 10.0. The van der Waals surface area contributed by atoms with Gasteiger partial charge in [-0.15, -0.1) is 0 Å². The molecule has 1 N–H and O–H groups in total. The highest BCUT2D eigenvalue weighted by Gasteiger charge is 2.31. The van der Waals surface area contributed by atoms with Crippen molar-refractivity contribution in [3.05, 3.63) is 88.9 Å². The lowest BCUT2D eigenvalue weighted by Crippen LogP contribution is -2.29. The number of alkyl halides is 3. The highest BCUT2D eigenvalue weighted by molar-refractivity contribution is 8.13. The minimum atomic E-state index is -4.39. The molecule has 1 unspecified atom stereocenters. The van der Waals surface area contributed by atoms with Crippen LogP contribution in [0, 0.1) is 0 Å². The molecule has 0 amide bonds. The van der Waals surface area contributed by atoms with Crippen molar-refractivity contribution in [3.63, 3.8) is 0 Å². The Morgan fingerprint density at radius 3 is 2.39 bits per heavy atom. The predicted molar refractivity (Wildman–Crippen MR) is 133 cm³/mol. The van der Waals surface area contributed by atoms with Crippen LogP contribution in [-0.4, -0.2) is 29.4 Å². The van der Waals surface area contributed by atoms with E-state index in [1.54, 1.807) is 0 Å². The fourth-order valence-electron chi connectivity index (χ4n) is 4.05. The first-order valence-corrected chi connectivity index (χ1v) is 12.5. The largest absolute Gasteiger partial charge is 0.416 e. The molecule has 0 aromatic heterocycles. The molecule has 3 aromatic rings. The van der Waals surface area contributed by atoms with Gasteiger partial charge in [0.2, 0.25) is 0 Å². The molecule has 1 heterocycles. The average molecular weight is 491 g/mol. The fraction of sp³-hybridized carbons (Fsp3) is 0.269. The molecule has 3 aromatic carbocycles. The zero-order chi connectivity index (χ0) is 23.4. The number of nitrogens with zero attached hydrogens (tertiary/aromatic N) is 1. The molecule has 1 aliphatic heterocycles. The first-order valence-electron chi connectivity index (χ1n) is 10.9. The average Bonchev–Trinajstić information content (AvgIpc) is 3.25. The molecule has 1 saturated heterocycles. The topological polar surface area (TPSA) is 15.3 Å². The van der Waals surface area contributed by atoms with E-state index in [1.165, 1.54) is 28.8 Å². The van der Waals surface area contributed by atoms with Gasteiger partial charge in [-0.1, -0.05) is 76.9 Å². The summed E-state index contributed by atoms with van der Waals surface area (Å²) >= 11 is 6.27. The maximum Gasteiger partial charge on any atom is 0.416 e. The van der Waals surface area contributed by atoms with Crippen molar-refractivity contribution in [2.75, 3.05) is 13.1 Å². The molecular weight excluding hydrogens is 465 g/mol. The van der Waals surface area contributed by atoms with Gasteiger partial charge in [0.25, 0.3) is 0 Å². The maximum atomic E-state index is 13.2. The van der Waals surface area contributed by atoms with Crippen LogP contribution in [0.3, 0.4) is 0 Å². The molecule has 4 rings (SSSR count). The third kappa shape index (κ3) is 6.07. The minimum absolute atomic E-state index is 0.193. The molecule has 1 fully saturated rings. The van der Waals surface area contributed by atoms with Gasteiger partial charge < -0.3 is 0 Å². The summed E-state index contributed by atoms with van der Waals surface area (Å²) in [6.45, 7) is 4.48. The van der Waals surface area contributed by atoms with Crippen molar-refractivity contribution in [1.82, 2.24) is 9.62 Å². The second-order valence-electron chi connectivity index (χ2n) is 8.12. The van der Waals surface area contributed by atoms with Gasteiger partial charge in [0, 0.05) is 30.6 Å². The van der Waals surface area contributed by atoms with Crippen LogP contribution in [0.15, 0.2) is 77.7 Å². The monoisotopic (exact) mass is 490 g/mol. The third-order valence-electron chi connectivity index (χ3n) is 5.76. The Kier molecular flexibility index (Phi) is 7.59. The first kappa shape index (κ1) is 24.0. The van der Waals surface area contributed by atoms with Crippen LogP contribution in [0.4, 0.5) is 13.2 Å². The Balaban J connectivity index is 1.38. The molecular formula is C26H26ClF3N2S.